The second kappa shape index (κ2) is 12.6. The highest BCUT2D eigenvalue weighted by Crippen LogP contribution is 2.48. The number of aliphatic hydroxyl groups is 3. The molecule has 4 rings (SSSR count). The van der Waals surface area contributed by atoms with E-state index in [0.29, 0.717) is 31.1 Å². The smallest absolute Gasteiger partial charge is 0.220 e. The van der Waals surface area contributed by atoms with Crippen molar-refractivity contribution in [3.63, 3.8) is 0 Å². The van der Waals surface area contributed by atoms with E-state index >= 15 is 0 Å². The van der Waals surface area contributed by atoms with E-state index in [1.54, 1.807) is 0 Å². The third kappa shape index (κ3) is 7.68. The van der Waals surface area contributed by atoms with Crippen LogP contribution >= 0.6 is 0 Å². The summed E-state index contributed by atoms with van der Waals surface area (Å²) in [6.07, 6.45) is 7.79. The van der Waals surface area contributed by atoms with Gasteiger partial charge in [0.05, 0.1) is 18.3 Å². The molecule has 0 aliphatic heterocycles. The number of carbonyl (C=O) groups excluding carboxylic acids is 1. The van der Waals surface area contributed by atoms with Gasteiger partial charge in [0.1, 0.15) is 12.4 Å². The summed E-state index contributed by atoms with van der Waals surface area (Å²) in [5.74, 6) is 2.98. The molecule has 8 unspecified atom stereocenters. The van der Waals surface area contributed by atoms with Crippen LogP contribution in [0.5, 0.6) is 5.75 Å². The summed E-state index contributed by atoms with van der Waals surface area (Å²) in [7, 11) is 0. The highest BCUT2D eigenvalue weighted by molar-refractivity contribution is 5.75. The first-order valence-corrected chi connectivity index (χ1v) is 13.9. The summed E-state index contributed by atoms with van der Waals surface area (Å²) in [5.41, 5.74) is 0. The average molecular weight is 488 g/mol. The Hall–Kier alpha value is -1.63. The lowest BCUT2D eigenvalue weighted by Crippen LogP contribution is -2.36. The zero-order valence-corrected chi connectivity index (χ0v) is 21.2. The van der Waals surface area contributed by atoms with Gasteiger partial charge in [-0.05, 0) is 105 Å². The Morgan fingerprint density at radius 1 is 1.09 bits per heavy atom. The van der Waals surface area contributed by atoms with Crippen LogP contribution < -0.4 is 10.1 Å². The van der Waals surface area contributed by atoms with Gasteiger partial charge in [-0.3, -0.25) is 4.79 Å². The van der Waals surface area contributed by atoms with E-state index in [2.05, 4.69) is 12.2 Å². The lowest BCUT2D eigenvalue weighted by Gasteiger charge is -2.41. The van der Waals surface area contributed by atoms with E-state index in [1.807, 2.05) is 30.3 Å². The molecule has 6 nitrogen and oxygen atoms in total. The topological polar surface area (TPSA) is 99.0 Å². The molecule has 196 valence electrons. The maximum atomic E-state index is 12.0. The predicted octanol–water partition coefficient (Wildman–Crippen LogP) is 3.92. The molecule has 0 spiro atoms. The number of aliphatic hydroxyl groups excluding tert-OH is 3. The number of hydrogen-bond donors (Lipinski definition) is 4. The molecular weight excluding hydrogens is 442 g/mol. The minimum absolute atomic E-state index is 0.00849. The quantitative estimate of drug-likeness (QED) is 0.319. The van der Waals surface area contributed by atoms with Crippen molar-refractivity contribution in [3.05, 3.63) is 30.3 Å². The molecule has 3 aliphatic rings. The van der Waals surface area contributed by atoms with E-state index in [1.165, 1.54) is 25.7 Å². The summed E-state index contributed by atoms with van der Waals surface area (Å²) in [5, 5.41) is 35.2. The van der Waals surface area contributed by atoms with Gasteiger partial charge in [0.15, 0.2) is 0 Å². The van der Waals surface area contributed by atoms with E-state index < -0.39 is 18.3 Å². The van der Waals surface area contributed by atoms with Crippen molar-refractivity contribution < 1.29 is 24.9 Å². The number of rotatable bonds is 14. The van der Waals surface area contributed by atoms with E-state index in [-0.39, 0.29) is 30.3 Å². The van der Waals surface area contributed by atoms with E-state index in [9.17, 15) is 20.1 Å². The Labute approximate surface area is 210 Å². The van der Waals surface area contributed by atoms with Gasteiger partial charge in [-0.2, -0.15) is 0 Å². The van der Waals surface area contributed by atoms with Gasteiger partial charge in [0, 0.05) is 13.0 Å². The summed E-state index contributed by atoms with van der Waals surface area (Å²) >= 11 is 0. The molecule has 1 aromatic carbocycles. The molecule has 0 bridgehead atoms. The van der Waals surface area contributed by atoms with Crippen LogP contribution in [0.2, 0.25) is 0 Å². The average Bonchev–Trinajstić information content (AvgIpc) is 3.61. The third-order valence-electron chi connectivity index (χ3n) is 8.82. The Morgan fingerprint density at radius 2 is 1.83 bits per heavy atom. The van der Waals surface area contributed by atoms with Crippen molar-refractivity contribution in [1.82, 2.24) is 5.32 Å². The largest absolute Gasteiger partial charge is 0.491 e. The Bertz CT molecular complexity index is 785. The molecule has 1 aromatic rings. The number of para-hydroxylation sites is 1. The highest BCUT2D eigenvalue weighted by Gasteiger charge is 2.47. The minimum atomic E-state index is -0.613. The maximum Gasteiger partial charge on any atom is 0.220 e. The summed E-state index contributed by atoms with van der Waals surface area (Å²) in [6.45, 7) is 3.16. The van der Waals surface area contributed by atoms with Crippen LogP contribution in [-0.4, -0.2) is 52.7 Å². The van der Waals surface area contributed by atoms with Gasteiger partial charge >= 0.3 is 0 Å². The standard InChI is InChI=1S/C29H45NO5/c1-19(14-23(31)18-35-24-7-3-2-4-8-24)29-25(26(32)16-27(29)33)15-22-13-12-21(22)6-5-9-28(34)30-17-20-10-11-20/h2-4,7-8,19-23,25-27,29,31-33H,5-6,9-18H2,1H3,(H,30,34). The van der Waals surface area contributed by atoms with Crippen molar-refractivity contribution in [2.24, 2.45) is 35.5 Å². The van der Waals surface area contributed by atoms with Crippen LogP contribution in [0.15, 0.2) is 30.3 Å². The SMILES string of the molecule is CC(CC(O)COc1ccccc1)C1C(O)CC(O)C1CC1CCC1CCCC(=O)NCC1CC1. The molecule has 0 heterocycles. The molecule has 6 heteroatoms. The highest BCUT2D eigenvalue weighted by atomic mass is 16.5. The summed E-state index contributed by atoms with van der Waals surface area (Å²) in [6, 6.07) is 9.49. The first kappa shape index (κ1) is 26.4. The normalized spacial score (nSPS) is 32.0. The van der Waals surface area contributed by atoms with Crippen LogP contribution in [0.3, 0.4) is 0 Å². The molecule has 35 heavy (non-hydrogen) atoms. The molecule has 8 atom stereocenters. The molecule has 3 aliphatic carbocycles. The lowest BCUT2D eigenvalue weighted by atomic mass is 9.65. The first-order chi connectivity index (χ1) is 16.9. The van der Waals surface area contributed by atoms with Gasteiger partial charge in [-0.1, -0.05) is 25.1 Å². The van der Waals surface area contributed by atoms with Gasteiger partial charge in [-0.25, -0.2) is 0 Å². The Morgan fingerprint density at radius 3 is 2.51 bits per heavy atom. The predicted molar refractivity (Wildman–Crippen MR) is 136 cm³/mol. The van der Waals surface area contributed by atoms with E-state index in [0.717, 1.165) is 37.5 Å². The van der Waals surface area contributed by atoms with Crippen LogP contribution in [0.25, 0.3) is 0 Å². The van der Waals surface area contributed by atoms with Crippen LogP contribution in [0.1, 0.15) is 71.1 Å². The fourth-order valence-corrected chi connectivity index (χ4v) is 6.47. The monoisotopic (exact) mass is 487 g/mol. The molecular formula is C29H45NO5. The van der Waals surface area contributed by atoms with Crippen LogP contribution in [-0.2, 0) is 4.79 Å². The molecule has 4 N–H and O–H groups in total. The van der Waals surface area contributed by atoms with Crippen LogP contribution in [0.4, 0.5) is 0 Å². The number of benzene rings is 1. The molecule has 0 radical (unpaired) electrons. The first-order valence-electron chi connectivity index (χ1n) is 13.9. The molecule has 0 saturated heterocycles. The third-order valence-corrected chi connectivity index (χ3v) is 8.82. The van der Waals surface area contributed by atoms with Gasteiger partial charge in [-0.15, -0.1) is 0 Å². The number of hydrogen-bond acceptors (Lipinski definition) is 5. The Kier molecular flexibility index (Phi) is 9.48. The fourth-order valence-electron chi connectivity index (χ4n) is 6.47. The summed E-state index contributed by atoms with van der Waals surface area (Å²) in [4.78, 5) is 12.0. The second-order valence-corrected chi connectivity index (χ2v) is 11.6. The van der Waals surface area contributed by atoms with Gasteiger partial charge in [0.25, 0.3) is 0 Å². The van der Waals surface area contributed by atoms with Crippen molar-refractivity contribution in [3.8, 4) is 5.75 Å². The molecule has 3 fully saturated rings. The molecule has 0 aromatic heterocycles. The van der Waals surface area contributed by atoms with Gasteiger partial charge < -0.3 is 25.4 Å². The van der Waals surface area contributed by atoms with Crippen LogP contribution in [0, 0.1) is 35.5 Å². The summed E-state index contributed by atoms with van der Waals surface area (Å²) < 4.78 is 5.71. The number of carbonyl (C=O) groups is 1. The zero-order valence-electron chi connectivity index (χ0n) is 21.2. The minimum Gasteiger partial charge on any atom is -0.491 e. The lowest BCUT2D eigenvalue weighted by molar-refractivity contribution is -0.121. The van der Waals surface area contributed by atoms with Crippen molar-refractivity contribution in [1.29, 1.82) is 0 Å². The van der Waals surface area contributed by atoms with Crippen molar-refractivity contribution >= 4 is 5.91 Å². The van der Waals surface area contributed by atoms with Crippen molar-refractivity contribution in [2.45, 2.75) is 89.4 Å². The fraction of sp³-hybridized carbons (Fsp3) is 0.759. The van der Waals surface area contributed by atoms with Crippen molar-refractivity contribution in [2.75, 3.05) is 13.2 Å². The number of amides is 1. The molecule has 1 amide bonds. The van der Waals surface area contributed by atoms with Gasteiger partial charge in [0.2, 0.25) is 5.91 Å². The Balaban J connectivity index is 1.21. The second-order valence-electron chi connectivity index (χ2n) is 11.6. The number of ether oxygens (including phenoxy) is 1. The number of nitrogens with one attached hydrogen (secondary N) is 1. The van der Waals surface area contributed by atoms with E-state index in [4.69, 9.17) is 4.74 Å². The molecule has 3 saturated carbocycles. The maximum absolute atomic E-state index is 12.0. The zero-order chi connectivity index (χ0) is 24.8.